The van der Waals surface area contributed by atoms with Gasteiger partial charge in [0.05, 0.1) is 11.4 Å². The first-order chi connectivity index (χ1) is 15.8. The Labute approximate surface area is 191 Å². The minimum absolute atomic E-state index is 0.00979. The van der Waals surface area contributed by atoms with Gasteiger partial charge in [-0.25, -0.2) is 9.18 Å². The molecule has 1 aliphatic rings. The molecule has 172 valence electrons. The van der Waals surface area contributed by atoms with Crippen molar-refractivity contribution in [1.82, 2.24) is 15.1 Å². The summed E-state index contributed by atoms with van der Waals surface area (Å²) in [6.07, 6.45) is 2.33. The van der Waals surface area contributed by atoms with Crippen molar-refractivity contribution in [2.75, 3.05) is 5.32 Å². The molecule has 33 heavy (non-hydrogen) atoms. The Kier molecular flexibility index (Phi) is 6.44. The Morgan fingerprint density at radius 1 is 1.15 bits per heavy atom. The Morgan fingerprint density at radius 2 is 1.88 bits per heavy atom. The summed E-state index contributed by atoms with van der Waals surface area (Å²) in [5, 5.41) is 20.6. The number of rotatable bonds is 7. The van der Waals surface area contributed by atoms with E-state index in [4.69, 9.17) is 0 Å². The first-order valence-electron chi connectivity index (χ1n) is 11.1. The Bertz CT molecular complexity index is 1170. The monoisotopic (exact) mass is 450 g/mol. The number of benzene rings is 2. The molecule has 2 amide bonds. The van der Waals surface area contributed by atoms with Crippen LogP contribution < -0.4 is 10.6 Å². The van der Waals surface area contributed by atoms with Crippen LogP contribution >= 0.6 is 0 Å². The van der Waals surface area contributed by atoms with E-state index in [-0.39, 0.29) is 35.9 Å². The number of halogens is 1. The fraction of sp³-hybridized carbons (Fsp3) is 0.320. The first-order valence-corrected chi connectivity index (χ1v) is 11.1. The number of carbonyl (C=O) groups excluding carboxylic acids is 2. The second-order valence-corrected chi connectivity index (χ2v) is 8.80. The predicted molar refractivity (Wildman–Crippen MR) is 123 cm³/mol. The largest absolute Gasteiger partial charge is 0.507 e. The highest BCUT2D eigenvalue weighted by Crippen LogP contribution is 2.42. The highest BCUT2D eigenvalue weighted by Gasteiger charge is 2.30. The molecule has 3 aromatic rings. The lowest BCUT2D eigenvalue weighted by atomic mass is 10.1. The van der Waals surface area contributed by atoms with Crippen LogP contribution in [0, 0.1) is 11.7 Å². The minimum atomic E-state index is -0.395. The summed E-state index contributed by atoms with van der Waals surface area (Å²) in [6, 6.07) is 12.1. The quantitative estimate of drug-likeness (QED) is 0.441. The standard InChI is InChI=1S/C25H27FN4O3/c1-15(2)11-24(32)28-19-9-10-23(31)20(12-19)21-13-22(17-5-6-17)30(29-21)25(33)27-14-16-3-7-18(26)8-4-16/h3-4,7-10,12-13,15,17,31H,5-6,11,14H2,1-2H3,(H,27,33)(H,28,32). The molecule has 0 saturated heterocycles. The van der Waals surface area contributed by atoms with E-state index in [9.17, 15) is 19.1 Å². The summed E-state index contributed by atoms with van der Waals surface area (Å²) in [4.78, 5) is 25.0. The van der Waals surface area contributed by atoms with E-state index in [2.05, 4.69) is 15.7 Å². The number of phenols is 1. The number of aromatic nitrogens is 2. The summed E-state index contributed by atoms with van der Waals surface area (Å²) in [6.45, 7) is 4.17. The summed E-state index contributed by atoms with van der Waals surface area (Å²) in [5.74, 6) is 0.0348. The van der Waals surface area contributed by atoms with Crippen molar-refractivity contribution in [1.29, 1.82) is 0 Å². The zero-order valence-electron chi connectivity index (χ0n) is 18.6. The Hall–Kier alpha value is -3.68. The van der Waals surface area contributed by atoms with Gasteiger partial charge in [-0.2, -0.15) is 9.78 Å². The third-order valence-electron chi connectivity index (χ3n) is 5.43. The maximum Gasteiger partial charge on any atom is 0.342 e. The zero-order valence-corrected chi connectivity index (χ0v) is 18.6. The van der Waals surface area contributed by atoms with Crippen molar-refractivity contribution in [3.05, 3.63) is 65.6 Å². The predicted octanol–water partition coefficient (Wildman–Crippen LogP) is 5.01. The van der Waals surface area contributed by atoms with Gasteiger partial charge in [-0.05, 0) is 60.7 Å². The summed E-state index contributed by atoms with van der Waals surface area (Å²) in [5.41, 5.74) is 2.98. The number of anilines is 1. The van der Waals surface area contributed by atoms with Crippen LogP contribution in [0.25, 0.3) is 11.3 Å². The van der Waals surface area contributed by atoms with E-state index >= 15 is 0 Å². The van der Waals surface area contributed by atoms with Gasteiger partial charge in [0, 0.05) is 30.1 Å². The minimum Gasteiger partial charge on any atom is -0.507 e. The van der Waals surface area contributed by atoms with Gasteiger partial charge in [-0.3, -0.25) is 4.79 Å². The molecule has 1 aliphatic carbocycles. The van der Waals surface area contributed by atoms with Gasteiger partial charge < -0.3 is 15.7 Å². The molecule has 1 heterocycles. The number of hydrogen-bond acceptors (Lipinski definition) is 4. The Morgan fingerprint density at radius 3 is 2.55 bits per heavy atom. The molecule has 4 rings (SSSR count). The zero-order chi connectivity index (χ0) is 23.5. The number of nitrogens with one attached hydrogen (secondary N) is 2. The van der Waals surface area contributed by atoms with E-state index in [1.54, 1.807) is 24.3 Å². The van der Waals surface area contributed by atoms with E-state index in [1.807, 2.05) is 19.9 Å². The summed E-state index contributed by atoms with van der Waals surface area (Å²) < 4.78 is 14.4. The smallest absolute Gasteiger partial charge is 0.342 e. The number of nitrogens with zero attached hydrogens (tertiary/aromatic N) is 2. The molecule has 0 bridgehead atoms. The Balaban J connectivity index is 1.56. The van der Waals surface area contributed by atoms with Crippen LogP contribution in [0.5, 0.6) is 5.75 Å². The van der Waals surface area contributed by atoms with Gasteiger partial charge >= 0.3 is 6.03 Å². The molecular weight excluding hydrogens is 423 g/mol. The molecule has 0 unspecified atom stereocenters. The highest BCUT2D eigenvalue weighted by molar-refractivity contribution is 5.92. The van der Waals surface area contributed by atoms with E-state index in [1.165, 1.54) is 22.9 Å². The second kappa shape index (κ2) is 9.44. The fourth-order valence-electron chi connectivity index (χ4n) is 3.62. The highest BCUT2D eigenvalue weighted by atomic mass is 19.1. The van der Waals surface area contributed by atoms with Crippen LogP contribution in [0.2, 0.25) is 0 Å². The normalized spacial score (nSPS) is 13.2. The topological polar surface area (TPSA) is 96.2 Å². The lowest BCUT2D eigenvalue weighted by molar-refractivity contribution is -0.116. The molecule has 2 aromatic carbocycles. The fourth-order valence-corrected chi connectivity index (χ4v) is 3.62. The van der Waals surface area contributed by atoms with Crippen molar-refractivity contribution in [3.8, 4) is 17.0 Å². The maximum atomic E-state index is 13.1. The van der Waals surface area contributed by atoms with Crippen molar-refractivity contribution >= 4 is 17.6 Å². The lowest BCUT2D eigenvalue weighted by Gasteiger charge is -2.09. The molecule has 1 saturated carbocycles. The van der Waals surface area contributed by atoms with E-state index < -0.39 is 6.03 Å². The molecular formula is C25H27FN4O3. The second-order valence-electron chi connectivity index (χ2n) is 8.80. The average Bonchev–Trinajstić information content (AvgIpc) is 3.52. The molecule has 0 atom stereocenters. The van der Waals surface area contributed by atoms with Crippen molar-refractivity contribution in [2.24, 2.45) is 5.92 Å². The van der Waals surface area contributed by atoms with Crippen molar-refractivity contribution in [3.63, 3.8) is 0 Å². The summed E-state index contributed by atoms with van der Waals surface area (Å²) >= 11 is 0. The van der Waals surface area contributed by atoms with Gasteiger partial charge in [0.25, 0.3) is 0 Å². The molecule has 0 radical (unpaired) electrons. The molecule has 1 fully saturated rings. The average molecular weight is 451 g/mol. The number of aromatic hydroxyl groups is 1. The first kappa shape index (κ1) is 22.5. The van der Waals surface area contributed by atoms with Gasteiger partial charge in [-0.15, -0.1) is 0 Å². The van der Waals surface area contributed by atoms with Crippen LogP contribution in [-0.2, 0) is 11.3 Å². The van der Waals surface area contributed by atoms with Crippen LogP contribution in [0.4, 0.5) is 14.9 Å². The van der Waals surface area contributed by atoms with Crippen LogP contribution in [0.1, 0.15) is 50.3 Å². The van der Waals surface area contributed by atoms with Gasteiger partial charge in [0.15, 0.2) is 0 Å². The maximum absolute atomic E-state index is 13.1. The van der Waals surface area contributed by atoms with Gasteiger partial charge in [0.1, 0.15) is 11.6 Å². The van der Waals surface area contributed by atoms with E-state index in [0.717, 1.165) is 24.1 Å². The van der Waals surface area contributed by atoms with Crippen molar-refractivity contribution in [2.45, 2.75) is 45.6 Å². The molecule has 3 N–H and O–H groups in total. The SMILES string of the molecule is CC(C)CC(=O)Nc1ccc(O)c(-c2cc(C3CC3)n(C(=O)NCc3ccc(F)cc3)n2)c1. The number of amides is 2. The van der Waals surface area contributed by atoms with Crippen molar-refractivity contribution < 1.29 is 19.1 Å². The molecule has 8 heteroatoms. The lowest BCUT2D eigenvalue weighted by Crippen LogP contribution is -2.30. The van der Waals surface area contributed by atoms with Crippen LogP contribution in [0.15, 0.2) is 48.5 Å². The third kappa shape index (κ3) is 5.58. The molecule has 7 nitrogen and oxygen atoms in total. The third-order valence-corrected chi connectivity index (χ3v) is 5.43. The molecule has 0 aliphatic heterocycles. The van der Waals surface area contributed by atoms with Crippen LogP contribution in [-0.4, -0.2) is 26.8 Å². The van der Waals surface area contributed by atoms with Gasteiger partial charge in [0.2, 0.25) is 5.91 Å². The molecule has 1 aromatic heterocycles. The van der Waals surface area contributed by atoms with Crippen LogP contribution in [0.3, 0.4) is 0 Å². The molecule has 0 spiro atoms. The summed E-state index contributed by atoms with van der Waals surface area (Å²) in [7, 11) is 0. The van der Waals surface area contributed by atoms with E-state index in [0.29, 0.717) is 23.4 Å². The number of carbonyl (C=O) groups is 2. The number of hydrogen-bond donors (Lipinski definition) is 3. The number of phenolic OH excluding ortho intramolecular Hbond substituents is 1. The van der Waals surface area contributed by atoms with Gasteiger partial charge in [-0.1, -0.05) is 26.0 Å².